The molecule has 0 amide bonds. The Balaban J connectivity index is 2.12. The zero-order chi connectivity index (χ0) is 15.4. The van der Waals surface area contributed by atoms with Gasteiger partial charge in [-0.2, -0.15) is 0 Å². The summed E-state index contributed by atoms with van der Waals surface area (Å²) in [5.41, 5.74) is 5.10. The van der Waals surface area contributed by atoms with Crippen molar-refractivity contribution in [1.29, 1.82) is 0 Å². The van der Waals surface area contributed by atoms with Crippen LogP contribution in [-0.4, -0.2) is 13.1 Å². The summed E-state index contributed by atoms with van der Waals surface area (Å²) in [6.45, 7) is 4.29. The van der Waals surface area contributed by atoms with E-state index in [1.165, 1.54) is 16.7 Å². The molecular formula is C18H21Cl2N. The molecule has 0 aliphatic rings. The molecule has 3 heteroatoms. The fourth-order valence-electron chi connectivity index (χ4n) is 2.46. The largest absolute Gasteiger partial charge is 0.316 e. The summed E-state index contributed by atoms with van der Waals surface area (Å²) in [4.78, 5) is 0. The second-order valence-electron chi connectivity index (χ2n) is 5.55. The van der Waals surface area contributed by atoms with Crippen molar-refractivity contribution < 1.29 is 0 Å². The molecular weight excluding hydrogens is 301 g/mol. The summed E-state index contributed by atoms with van der Waals surface area (Å²) >= 11 is 12.3. The van der Waals surface area contributed by atoms with Gasteiger partial charge in [-0.15, -0.1) is 0 Å². The summed E-state index contributed by atoms with van der Waals surface area (Å²) in [6.07, 6.45) is 1.84. The number of halogens is 2. The van der Waals surface area contributed by atoms with Crippen LogP contribution in [0, 0.1) is 13.8 Å². The van der Waals surface area contributed by atoms with Gasteiger partial charge in [0.1, 0.15) is 0 Å². The molecule has 0 aliphatic heterocycles. The van der Waals surface area contributed by atoms with Gasteiger partial charge in [0.15, 0.2) is 0 Å². The predicted molar refractivity (Wildman–Crippen MR) is 92.6 cm³/mol. The molecule has 0 bridgehead atoms. The van der Waals surface area contributed by atoms with Gasteiger partial charge in [-0.25, -0.2) is 0 Å². The molecule has 1 unspecified atom stereocenters. The minimum atomic E-state index is 0.336. The fourth-order valence-corrected chi connectivity index (χ4v) is 2.85. The Morgan fingerprint density at radius 1 is 0.952 bits per heavy atom. The summed E-state index contributed by atoms with van der Waals surface area (Å²) in [5.74, 6) is 0. The molecule has 0 heterocycles. The molecule has 1 N–H and O–H groups in total. The average molecular weight is 322 g/mol. The first-order chi connectivity index (χ1) is 9.99. The maximum absolute atomic E-state index is 6.26. The van der Waals surface area contributed by atoms with Crippen LogP contribution in [0.3, 0.4) is 0 Å². The van der Waals surface area contributed by atoms with Crippen molar-refractivity contribution in [1.82, 2.24) is 5.32 Å². The van der Waals surface area contributed by atoms with Gasteiger partial charge in [0, 0.05) is 16.1 Å². The molecule has 21 heavy (non-hydrogen) atoms. The van der Waals surface area contributed by atoms with E-state index in [2.05, 4.69) is 37.4 Å². The van der Waals surface area contributed by atoms with Gasteiger partial charge in [-0.1, -0.05) is 41.4 Å². The maximum atomic E-state index is 6.26. The molecule has 2 rings (SSSR count). The van der Waals surface area contributed by atoms with Crippen molar-refractivity contribution in [3.05, 3.63) is 68.7 Å². The lowest BCUT2D eigenvalue weighted by Gasteiger charge is -2.18. The van der Waals surface area contributed by atoms with Crippen LogP contribution in [0.15, 0.2) is 36.4 Å². The summed E-state index contributed by atoms with van der Waals surface area (Å²) < 4.78 is 0. The van der Waals surface area contributed by atoms with Crippen LogP contribution in [0.1, 0.15) is 22.3 Å². The minimum Gasteiger partial charge on any atom is -0.316 e. The second-order valence-corrected chi connectivity index (χ2v) is 6.39. The lowest BCUT2D eigenvalue weighted by molar-refractivity contribution is 0.556. The van der Waals surface area contributed by atoms with Gasteiger partial charge in [0.05, 0.1) is 0 Å². The first-order valence-electron chi connectivity index (χ1n) is 7.17. The standard InChI is InChI=1S/C18H21Cl2N/c1-12-4-5-14(8-13(12)2)9-17(21-3)11-15-10-16(19)6-7-18(15)20/h4-8,10,17,21H,9,11H2,1-3H3. The van der Waals surface area contributed by atoms with E-state index in [4.69, 9.17) is 23.2 Å². The van der Waals surface area contributed by atoms with E-state index in [0.717, 1.165) is 28.5 Å². The zero-order valence-electron chi connectivity index (χ0n) is 12.7. The van der Waals surface area contributed by atoms with E-state index in [1.807, 2.05) is 25.2 Å². The molecule has 0 fully saturated rings. The fraction of sp³-hybridized carbons (Fsp3) is 0.333. The van der Waals surface area contributed by atoms with E-state index in [1.54, 1.807) is 0 Å². The van der Waals surface area contributed by atoms with Gasteiger partial charge in [-0.3, -0.25) is 0 Å². The van der Waals surface area contributed by atoms with Gasteiger partial charge < -0.3 is 5.32 Å². The van der Waals surface area contributed by atoms with Crippen LogP contribution < -0.4 is 5.32 Å². The molecule has 2 aromatic rings. The third-order valence-corrected chi connectivity index (χ3v) is 4.54. The lowest BCUT2D eigenvalue weighted by atomic mass is 9.97. The second kappa shape index (κ2) is 7.31. The first-order valence-corrected chi connectivity index (χ1v) is 7.92. The van der Waals surface area contributed by atoms with E-state index < -0.39 is 0 Å². The van der Waals surface area contributed by atoms with E-state index in [0.29, 0.717) is 6.04 Å². The number of nitrogens with one attached hydrogen (secondary N) is 1. The van der Waals surface area contributed by atoms with Crippen LogP contribution in [0.25, 0.3) is 0 Å². The lowest BCUT2D eigenvalue weighted by Crippen LogP contribution is -2.30. The van der Waals surface area contributed by atoms with Crippen LogP contribution >= 0.6 is 23.2 Å². The van der Waals surface area contributed by atoms with Crippen LogP contribution in [-0.2, 0) is 12.8 Å². The highest BCUT2D eigenvalue weighted by atomic mass is 35.5. The number of rotatable bonds is 5. The van der Waals surface area contributed by atoms with Gasteiger partial charge >= 0.3 is 0 Å². The highest BCUT2D eigenvalue weighted by Crippen LogP contribution is 2.23. The topological polar surface area (TPSA) is 12.0 Å². The van der Waals surface area contributed by atoms with Gasteiger partial charge in [0.2, 0.25) is 0 Å². The Bertz CT molecular complexity index is 623. The Morgan fingerprint density at radius 2 is 1.71 bits per heavy atom. The molecule has 0 aliphatic carbocycles. The monoisotopic (exact) mass is 321 g/mol. The van der Waals surface area contributed by atoms with E-state index in [9.17, 15) is 0 Å². The first kappa shape index (κ1) is 16.4. The van der Waals surface area contributed by atoms with E-state index in [-0.39, 0.29) is 0 Å². The van der Waals surface area contributed by atoms with E-state index >= 15 is 0 Å². The van der Waals surface area contributed by atoms with Crippen molar-refractivity contribution in [2.75, 3.05) is 7.05 Å². The number of aryl methyl sites for hydroxylation is 2. The smallest absolute Gasteiger partial charge is 0.0439 e. The van der Waals surface area contributed by atoms with Crippen LogP contribution in [0.5, 0.6) is 0 Å². The highest BCUT2D eigenvalue weighted by molar-refractivity contribution is 6.33. The molecule has 112 valence electrons. The quantitative estimate of drug-likeness (QED) is 0.818. The molecule has 1 atom stereocenters. The molecule has 2 aromatic carbocycles. The van der Waals surface area contributed by atoms with Crippen molar-refractivity contribution in [2.45, 2.75) is 32.7 Å². The number of hydrogen-bond donors (Lipinski definition) is 1. The number of benzene rings is 2. The number of hydrogen-bond acceptors (Lipinski definition) is 1. The molecule has 0 saturated carbocycles. The van der Waals surface area contributed by atoms with Crippen molar-refractivity contribution in [3.63, 3.8) is 0 Å². The maximum Gasteiger partial charge on any atom is 0.0439 e. The van der Waals surface area contributed by atoms with Crippen LogP contribution in [0.2, 0.25) is 10.0 Å². The third-order valence-electron chi connectivity index (χ3n) is 3.94. The number of likely N-dealkylation sites (N-methyl/N-ethyl adjacent to an activating group) is 1. The summed E-state index contributed by atoms with van der Waals surface area (Å²) in [5, 5.41) is 4.89. The summed E-state index contributed by atoms with van der Waals surface area (Å²) in [7, 11) is 1.99. The SMILES string of the molecule is CNC(Cc1ccc(C)c(C)c1)Cc1cc(Cl)ccc1Cl. The summed E-state index contributed by atoms with van der Waals surface area (Å²) in [6, 6.07) is 12.6. The van der Waals surface area contributed by atoms with Crippen molar-refractivity contribution in [3.8, 4) is 0 Å². The molecule has 0 saturated heterocycles. The Kier molecular flexibility index (Phi) is 5.69. The van der Waals surface area contributed by atoms with Gasteiger partial charge in [0.25, 0.3) is 0 Å². The van der Waals surface area contributed by atoms with Crippen molar-refractivity contribution >= 4 is 23.2 Å². The predicted octanol–water partition coefficient (Wildman–Crippen LogP) is 4.98. The normalized spacial score (nSPS) is 12.4. The Morgan fingerprint density at radius 3 is 2.38 bits per heavy atom. The Hall–Kier alpha value is -1.02. The molecule has 0 aromatic heterocycles. The van der Waals surface area contributed by atoms with Gasteiger partial charge in [-0.05, 0) is 74.2 Å². The highest BCUT2D eigenvalue weighted by Gasteiger charge is 2.12. The molecule has 0 spiro atoms. The molecule has 0 radical (unpaired) electrons. The zero-order valence-corrected chi connectivity index (χ0v) is 14.2. The van der Waals surface area contributed by atoms with Crippen LogP contribution in [0.4, 0.5) is 0 Å². The minimum absolute atomic E-state index is 0.336. The van der Waals surface area contributed by atoms with Crippen molar-refractivity contribution in [2.24, 2.45) is 0 Å². The Labute approximate surface area is 137 Å². The third kappa shape index (κ3) is 4.47. The molecule has 1 nitrogen and oxygen atoms in total. The average Bonchev–Trinajstić information content (AvgIpc) is 2.46.